The van der Waals surface area contributed by atoms with Crippen molar-refractivity contribution in [2.75, 3.05) is 11.1 Å². The summed E-state index contributed by atoms with van der Waals surface area (Å²) in [5.41, 5.74) is 3.88. The highest BCUT2D eigenvalue weighted by molar-refractivity contribution is 7.99. The molecule has 1 N–H and O–H groups in total. The van der Waals surface area contributed by atoms with Crippen molar-refractivity contribution in [2.45, 2.75) is 51.7 Å². The van der Waals surface area contributed by atoms with Crippen LogP contribution in [-0.4, -0.2) is 21.2 Å². The van der Waals surface area contributed by atoms with E-state index in [1.807, 2.05) is 31.2 Å². The zero-order chi connectivity index (χ0) is 18.2. The standard InChI is InChI=1S/C19H24N4OS/c1-4-5-12-23-15(3)14(2)21-19(23)25-13-18(24)22-17-8-6-16(7-9-17)10-11-20/h6-9H,4-5,10,12-13H2,1-3H3,(H,22,24). The minimum atomic E-state index is -0.0571. The Morgan fingerprint density at radius 2 is 2.04 bits per heavy atom. The Hall–Kier alpha value is -2.26. The van der Waals surface area contributed by atoms with E-state index < -0.39 is 0 Å². The first-order valence-corrected chi connectivity index (χ1v) is 9.46. The highest BCUT2D eigenvalue weighted by atomic mass is 32.2. The first kappa shape index (κ1) is 19.1. The van der Waals surface area contributed by atoms with Crippen LogP contribution in [0.5, 0.6) is 0 Å². The number of hydrogen-bond donors (Lipinski definition) is 1. The fraction of sp³-hybridized carbons (Fsp3) is 0.421. The summed E-state index contributed by atoms with van der Waals surface area (Å²) in [5.74, 6) is 0.264. The molecule has 0 aliphatic rings. The summed E-state index contributed by atoms with van der Waals surface area (Å²) in [7, 11) is 0. The molecule has 2 rings (SSSR count). The Morgan fingerprint density at radius 1 is 1.32 bits per heavy atom. The zero-order valence-corrected chi connectivity index (χ0v) is 15.8. The van der Waals surface area contributed by atoms with Crippen LogP contribution in [0.25, 0.3) is 0 Å². The number of rotatable bonds is 8. The molecule has 0 aliphatic carbocycles. The van der Waals surface area contributed by atoms with Gasteiger partial charge in [-0.25, -0.2) is 4.98 Å². The minimum absolute atomic E-state index is 0.0571. The van der Waals surface area contributed by atoms with Crippen molar-refractivity contribution in [3.05, 3.63) is 41.2 Å². The van der Waals surface area contributed by atoms with Crippen molar-refractivity contribution in [2.24, 2.45) is 0 Å². The SMILES string of the molecule is CCCCn1c(SCC(=O)Nc2ccc(CC#N)cc2)nc(C)c1C. The second-order valence-corrected chi connectivity index (χ2v) is 6.88. The number of imidazole rings is 1. The molecule has 1 heterocycles. The molecule has 1 amide bonds. The van der Waals surface area contributed by atoms with E-state index in [0.29, 0.717) is 12.2 Å². The van der Waals surface area contributed by atoms with Gasteiger partial charge in [-0.05, 0) is 38.0 Å². The quantitative estimate of drug-likeness (QED) is 0.723. The number of benzene rings is 1. The Labute approximate surface area is 153 Å². The molecule has 25 heavy (non-hydrogen) atoms. The first-order valence-electron chi connectivity index (χ1n) is 8.47. The van der Waals surface area contributed by atoms with Gasteiger partial charge in [-0.15, -0.1) is 0 Å². The number of aryl methyl sites for hydroxylation is 1. The predicted octanol–water partition coefficient (Wildman–Crippen LogP) is 4.10. The van der Waals surface area contributed by atoms with Crippen LogP contribution >= 0.6 is 11.8 Å². The number of nitrogens with one attached hydrogen (secondary N) is 1. The van der Waals surface area contributed by atoms with Crippen LogP contribution < -0.4 is 5.32 Å². The van der Waals surface area contributed by atoms with Gasteiger partial charge in [0.15, 0.2) is 5.16 Å². The number of anilines is 1. The smallest absolute Gasteiger partial charge is 0.234 e. The number of nitrogens with zero attached hydrogens (tertiary/aromatic N) is 3. The topological polar surface area (TPSA) is 70.7 Å². The van der Waals surface area contributed by atoms with Crippen LogP contribution in [0.2, 0.25) is 0 Å². The van der Waals surface area contributed by atoms with E-state index in [2.05, 4.69) is 34.8 Å². The summed E-state index contributed by atoms with van der Waals surface area (Å²) >= 11 is 1.47. The average Bonchev–Trinajstić information content (AvgIpc) is 2.87. The number of nitriles is 1. The number of aromatic nitrogens is 2. The fourth-order valence-corrected chi connectivity index (χ4v) is 3.36. The van der Waals surface area contributed by atoms with E-state index in [9.17, 15) is 4.79 Å². The fourth-order valence-electron chi connectivity index (χ4n) is 2.44. The average molecular weight is 356 g/mol. The second-order valence-electron chi connectivity index (χ2n) is 5.94. The molecule has 0 fully saturated rings. The Bertz CT molecular complexity index is 759. The maximum Gasteiger partial charge on any atom is 0.234 e. The molecule has 2 aromatic rings. The van der Waals surface area contributed by atoms with Crippen LogP contribution in [0.3, 0.4) is 0 Å². The highest BCUT2D eigenvalue weighted by Gasteiger charge is 2.13. The Kier molecular flexibility index (Phi) is 7.08. The van der Waals surface area contributed by atoms with Crippen LogP contribution in [0.4, 0.5) is 5.69 Å². The maximum absolute atomic E-state index is 12.2. The van der Waals surface area contributed by atoms with Gasteiger partial charge >= 0.3 is 0 Å². The molecule has 0 saturated heterocycles. The molecule has 5 nitrogen and oxygen atoms in total. The first-order chi connectivity index (χ1) is 12.0. The van der Waals surface area contributed by atoms with Crippen molar-refractivity contribution in [3.8, 4) is 6.07 Å². The molecule has 0 saturated carbocycles. The molecule has 0 bridgehead atoms. The monoisotopic (exact) mass is 356 g/mol. The van der Waals surface area contributed by atoms with Gasteiger partial charge in [-0.1, -0.05) is 37.2 Å². The molecule has 132 valence electrons. The molecular weight excluding hydrogens is 332 g/mol. The molecule has 0 spiro atoms. The largest absolute Gasteiger partial charge is 0.325 e. The van der Waals surface area contributed by atoms with Crippen LogP contribution in [-0.2, 0) is 17.8 Å². The van der Waals surface area contributed by atoms with Gasteiger partial charge in [-0.2, -0.15) is 5.26 Å². The molecule has 1 aromatic carbocycles. The normalized spacial score (nSPS) is 10.5. The molecular formula is C19H24N4OS. The molecule has 1 aromatic heterocycles. The zero-order valence-electron chi connectivity index (χ0n) is 15.0. The van der Waals surface area contributed by atoms with E-state index >= 15 is 0 Å². The van der Waals surface area contributed by atoms with E-state index in [4.69, 9.17) is 5.26 Å². The van der Waals surface area contributed by atoms with Crippen molar-refractivity contribution >= 4 is 23.4 Å². The third kappa shape index (κ3) is 5.36. The van der Waals surface area contributed by atoms with E-state index in [1.54, 1.807) is 0 Å². The van der Waals surface area contributed by atoms with Gasteiger partial charge < -0.3 is 9.88 Å². The molecule has 0 unspecified atom stereocenters. The maximum atomic E-state index is 12.2. The second kappa shape index (κ2) is 9.28. The van der Waals surface area contributed by atoms with Crippen LogP contribution in [0.1, 0.15) is 36.7 Å². The lowest BCUT2D eigenvalue weighted by Crippen LogP contribution is -2.14. The summed E-state index contributed by atoms with van der Waals surface area (Å²) < 4.78 is 2.20. The number of unbranched alkanes of at least 4 members (excludes halogenated alkanes) is 1. The highest BCUT2D eigenvalue weighted by Crippen LogP contribution is 2.22. The summed E-state index contributed by atoms with van der Waals surface area (Å²) in [6.07, 6.45) is 2.61. The lowest BCUT2D eigenvalue weighted by atomic mass is 10.1. The molecule has 0 atom stereocenters. The lowest BCUT2D eigenvalue weighted by molar-refractivity contribution is -0.113. The molecule has 0 aliphatic heterocycles. The van der Waals surface area contributed by atoms with Gasteiger partial charge in [-0.3, -0.25) is 4.79 Å². The van der Waals surface area contributed by atoms with Gasteiger partial charge in [0, 0.05) is 17.9 Å². The summed E-state index contributed by atoms with van der Waals surface area (Å²) in [6.45, 7) is 7.18. The van der Waals surface area contributed by atoms with Crippen molar-refractivity contribution in [1.82, 2.24) is 9.55 Å². The van der Waals surface area contributed by atoms with Crippen molar-refractivity contribution in [1.29, 1.82) is 5.26 Å². The van der Waals surface area contributed by atoms with Crippen molar-refractivity contribution in [3.63, 3.8) is 0 Å². The number of thioether (sulfide) groups is 1. The van der Waals surface area contributed by atoms with Crippen LogP contribution in [0.15, 0.2) is 29.4 Å². The van der Waals surface area contributed by atoms with Crippen LogP contribution in [0, 0.1) is 25.2 Å². The van der Waals surface area contributed by atoms with E-state index in [-0.39, 0.29) is 5.91 Å². The molecule has 6 heteroatoms. The number of carbonyl (C=O) groups excluding carboxylic acids is 1. The van der Waals surface area contributed by atoms with Gasteiger partial charge in [0.2, 0.25) is 5.91 Å². The van der Waals surface area contributed by atoms with Gasteiger partial charge in [0.25, 0.3) is 0 Å². The third-order valence-corrected chi connectivity index (χ3v) is 4.99. The number of amides is 1. The summed E-state index contributed by atoms with van der Waals surface area (Å²) in [6, 6.07) is 9.47. The Morgan fingerprint density at radius 3 is 2.68 bits per heavy atom. The summed E-state index contributed by atoms with van der Waals surface area (Å²) in [4.78, 5) is 16.8. The van der Waals surface area contributed by atoms with Crippen molar-refractivity contribution < 1.29 is 4.79 Å². The predicted molar refractivity (Wildman–Crippen MR) is 102 cm³/mol. The van der Waals surface area contributed by atoms with Gasteiger partial charge in [0.05, 0.1) is 23.9 Å². The number of carbonyl (C=O) groups is 1. The van der Waals surface area contributed by atoms with Gasteiger partial charge in [0.1, 0.15) is 0 Å². The molecule has 0 radical (unpaired) electrons. The lowest BCUT2D eigenvalue weighted by Gasteiger charge is -2.09. The van der Waals surface area contributed by atoms with E-state index in [1.165, 1.54) is 17.5 Å². The minimum Gasteiger partial charge on any atom is -0.325 e. The summed E-state index contributed by atoms with van der Waals surface area (Å²) in [5, 5.41) is 12.5. The third-order valence-electron chi connectivity index (χ3n) is 4.01. The Balaban J connectivity index is 1.93. The number of hydrogen-bond acceptors (Lipinski definition) is 4. The van der Waals surface area contributed by atoms with E-state index in [0.717, 1.165) is 41.5 Å².